The molecule has 0 amide bonds. The molecule has 0 saturated carbocycles. The van der Waals surface area contributed by atoms with E-state index in [0.717, 1.165) is 22.4 Å². The van der Waals surface area contributed by atoms with E-state index in [0.29, 0.717) is 0 Å². The number of nitriles is 1. The van der Waals surface area contributed by atoms with Crippen LogP contribution < -0.4 is 10.5 Å². The summed E-state index contributed by atoms with van der Waals surface area (Å²) in [6.45, 7) is 8.06. The second kappa shape index (κ2) is 5.88. The van der Waals surface area contributed by atoms with Crippen molar-refractivity contribution in [1.29, 1.82) is 5.26 Å². The zero-order chi connectivity index (χ0) is 13.9. The van der Waals surface area contributed by atoms with Gasteiger partial charge in [-0.15, -0.1) is 0 Å². The Morgan fingerprint density at radius 2 is 1.89 bits per heavy atom. The highest BCUT2D eigenvalue weighted by Crippen LogP contribution is 2.34. The lowest BCUT2D eigenvalue weighted by Crippen LogP contribution is -2.25. The minimum absolute atomic E-state index is 0.208. The summed E-state index contributed by atoms with van der Waals surface area (Å²) in [6.07, 6.45) is 0. The fourth-order valence-electron chi connectivity index (χ4n) is 2.35. The first kappa shape index (κ1) is 14.5. The van der Waals surface area contributed by atoms with Gasteiger partial charge in [0.1, 0.15) is 5.75 Å². The lowest BCUT2D eigenvalue weighted by molar-refractivity contribution is 0.370. The Bertz CT molecular complexity index is 460. The summed E-state index contributed by atoms with van der Waals surface area (Å²) in [6, 6.07) is 6.07. The van der Waals surface area contributed by atoms with Crippen molar-refractivity contribution in [2.75, 3.05) is 7.11 Å². The van der Waals surface area contributed by atoms with Crippen LogP contribution >= 0.6 is 0 Å². The van der Waals surface area contributed by atoms with Gasteiger partial charge in [0.05, 0.1) is 19.1 Å². The Balaban J connectivity index is 3.28. The van der Waals surface area contributed by atoms with Crippen molar-refractivity contribution in [3.05, 3.63) is 28.8 Å². The molecule has 0 saturated heterocycles. The van der Waals surface area contributed by atoms with Crippen LogP contribution in [0.4, 0.5) is 0 Å². The third-order valence-electron chi connectivity index (χ3n) is 3.27. The summed E-state index contributed by atoms with van der Waals surface area (Å²) >= 11 is 0. The van der Waals surface area contributed by atoms with Crippen LogP contribution in [0.5, 0.6) is 5.75 Å². The van der Waals surface area contributed by atoms with Gasteiger partial charge in [-0.2, -0.15) is 5.26 Å². The van der Waals surface area contributed by atoms with Crippen LogP contribution in [0.1, 0.15) is 36.6 Å². The number of nitrogens with two attached hydrogens (primary N) is 1. The number of ether oxygens (including phenoxy) is 1. The highest BCUT2D eigenvalue weighted by atomic mass is 16.5. The molecule has 98 valence electrons. The SMILES string of the molecule is COc1c(C)cc(C)cc1C(N)C(C#N)C(C)C. The van der Waals surface area contributed by atoms with Crippen LogP contribution in [0.2, 0.25) is 0 Å². The molecule has 0 bridgehead atoms. The maximum Gasteiger partial charge on any atom is 0.126 e. The molecule has 1 rings (SSSR count). The van der Waals surface area contributed by atoms with Gasteiger partial charge in [-0.25, -0.2) is 0 Å². The molecule has 2 unspecified atom stereocenters. The molecule has 0 heterocycles. The molecule has 0 spiro atoms. The fraction of sp³-hybridized carbons (Fsp3) is 0.533. The zero-order valence-corrected chi connectivity index (χ0v) is 11.8. The normalized spacial score (nSPS) is 14.1. The van der Waals surface area contributed by atoms with Gasteiger partial charge < -0.3 is 10.5 Å². The van der Waals surface area contributed by atoms with Crippen molar-refractivity contribution < 1.29 is 4.74 Å². The Morgan fingerprint density at radius 3 is 2.33 bits per heavy atom. The van der Waals surface area contributed by atoms with E-state index in [-0.39, 0.29) is 17.9 Å². The highest BCUT2D eigenvalue weighted by Gasteiger charge is 2.25. The van der Waals surface area contributed by atoms with Gasteiger partial charge in [-0.05, 0) is 25.3 Å². The van der Waals surface area contributed by atoms with Gasteiger partial charge >= 0.3 is 0 Å². The quantitative estimate of drug-likeness (QED) is 0.888. The summed E-state index contributed by atoms with van der Waals surface area (Å²) in [7, 11) is 1.64. The maximum absolute atomic E-state index is 9.26. The average Bonchev–Trinajstić information content (AvgIpc) is 2.28. The molecule has 1 aromatic carbocycles. The van der Waals surface area contributed by atoms with Crippen LogP contribution in [0.25, 0.3) is 0 Å². The lowest BCUT2D eigenvalue weighted by atomic mass is 9.85. The molecular formula is C15H22N2O. The van der Waals surface area contributed by atoms with Crippen molar-refractivity contribution in [2.45, 2.75) is 33.7 Å². The summed E-state index contributed by atoms with van der Waals surface area (Å²) in [5.41, 5.74) is 9.39. The number of nitrogens with zero attached hydrogens (tertiary/aromatic N) is 1. The molecular weight excluding hydrogens is 224 g/mol. The number of aryl methyl sites for hydroxylation is 2. The monoisotopic (exact) mass is 246 g/mol. The molecule has 0 aliphatic rings. The molecule has 2 N–H and O–H groups in total. The summed E-state index contributed by atoms with van der Waals surface area (Å²) in [5.74, 6) is 0.810. The summed E-state index contributed by atoms with van der Waals surface area (Å²) in [4.78, 5) is 0. The van der Waals surface area contributed by atoms with Crippen molar-refractivity contribution in [1.82, 2.24) is 0 Å². The number of hydrogen-bond acceptors (Lipinski definition) is 3. The third-order valence-corrected chi connectivity index (χ3v) is 3.27. The molecule has 0 radical (unpaired) electrons. The largest absolute Gasteiger partial charge is 0.496 e. The minimum atomic E-state index is -0.316. The first-order valence-corrected chi connectivity index (χ1v) is 6.22. The Kier molecular flexibility index (Phi) is 4.75. The number of hydrogen-bond donors (Lipinski definition) is 1. The average molecular weight is 246 g/mol. The fourth-order valence-corrected chi connectivity index (χ4v) is 2.35. The van der Waals surface area contributed by atoms with E-state index in [4.69, 9.17) is 10.5 Å². The Hall–Kier alpha value is -1.53. The van der Waals surface area contributed by atoms with Crippen LogP contribution in [-0.4, -0.2) is 7.11 Å². The van der Waals surface area contributed by atoms with Crippen LogP contribution in [-0.2, 0) is 0 Å². The van der Waals surface area contributed by atoms with E-state index >= 15 is 0 Å². The first-order valence-electron chi connectivity index (χ1n) is 6.22. The second-order valence-corrected chi connectivity index (χ2v) is 5.13. The van der Waals surface area contributed by atoms with E-state index in [1.165, 1.54) is 0 Å². The minimum Gasteiger partial charge on any atom is -0.496 e. The standard InChI is InChI=1S/C15H22N2O/c1-9(2)13(8-16)14(17)12-7-10(3)6-11(4)15(12)18-5/h6-7,9,13-14H,17H2,1-5H3. The third kappa shape index (κ3) is 2.83. The van der Waals surface area contributed by atoms with Crippen molar-refractivity contribution >= 4 is 0 Å². The molecule has 0 aliphatic heterocycles. The Labute approximate surface area is 110 Å². The predicted octanol–water partition coefficient (Wildman–Crippen LogP) is 3.11. The summed E-state index contributed by atoms with van der Waals surface area (Å²) < 4.78 is 5.44. The molecule has 2 atom stereocenters. The molecule has 0 aromatic heterocycles. The Morgan fingerprint density at radius 1 is 1.28 bits per heavy atom. The second-order valence-electron chi connectivity index (χ2n) is 5.13. The molecule has 3 nitrogen and oxygen atoms in total. The van der Waals surface area contributed by atoms with Crippen molar-refractivity contribution in [3.8, 4) is 11.8 Å². The number of rotatable bonds is 4. The van der Waals surface area contributed by atoms with E-state index in [9.17, 15) is 5.26 Å². The smallest absolute Gasteiger partial charge is 0.126 e. The van der Waals surface area contributed by atoms with E-state index in [1.54, 1.807) is 7.11 Å². The van der Waals surface area contributed by atoms with E-state index in [2.05, 4.69) is 12.1 Å². The highest BCUT2D eigenvalue weighted by molar-refractivity contribution is 5.46. The number of methoxy groups -OCH3 is 1. The zero-order valence-electron chi connectivity index (χ0n) is 11.8. The van der Waals surface area contributed by atoms with Crippen LogP contribution in [0.15, 0.2) is 12.1 Å². The van der Waals surface area contributed by atoms with Crippen LogP contribution in [0, 0.1) is 37.0 Å². The van der Waals surface area contributed by atoms with Crippen molar-refractivity contribution in [3.63, 3.8) is 0 Å². The topological polar surface area (TPSA) is 59.0 Å². The van der Waals surface area contributed by atoms with Gasteiger partial charge in [0.15, 0.2) is 0 Å². The van der Waals surface area contributed by atoms with Gasteiger partial charge in [0, 0.05) is 11.6 Å². The first-order chi connectivity index (χ1) is 8.42. The van der Waals surface area contributed by atoms with Gasteiger partial charge in [-0.3, -0.25) is 0 Å². The maximum atomic E-state index is 9.26. The predicted molar refractivity (Wildman–Crippen MR) is 73.3 cm³/mol. The van der Waals surface area contributed by atoms with Crippen molar-refractivity contribution in [2.24, 2.45) is 17.6 Å². The molecule has 0 fully saturated rings. The van der Waals surface area contributed by atoms with Gasteiger partial charge in [0.2, 0.25) is 0 Å². The van der Waals surface area contributed by atoms with E-state index < -0.39 is 0 Å². The number of benzene rings is 1. The molecule has 18 heavy (non-hydrogen) atoms. The van der Waals surface area contributed by atoms with Gasteiger partial charge in [0.25, 0.3) is 0 Å². The van der Waals surface area contributed by atoms with E-state index in [1.807, 2.05) is 33.8 Å². The lowest BCUT2D eigenvalue weighted by Gasteiger charge is -2.24. The van der Waals surface area contributed by atoms with Gasteiger partial charge in [-0.1, -0.05) is 31.5 Å². The molecule has 1 aromatic rings. The summed E-state index contributed by atoms with van der Waals surface area (Å²) in [5, 5.41) is 9.26. The molecule has 0 aliphatic carbocycles. The molecule has 3 heteroatoms. The van der Waals surface area contributed by atoms with Crippen LogP contribution in [0.3, 0.4) is 0 Å².